The van der Waals surface area contributed by atoms with E-state index in [9.17, 15) is 4.79 Å². The smallest absolute Gasteiger partial charge is 0.251 e. The molecule has 2 saturated heterocycles. The van der Waals surface area contributed by atoms with Crippen molar-refractivity contribution >= 4 is 41.5 Å². The number of piperazine rings is 1. The Balaban J connectivity index is 0.00000256. The number of halogens is 1. The van der Waals surface area contributed by atoms with E-state index in [0.717, 1.165) is 69.3 Å². The summed E-state index contributed by atoms with van der Waals surface area (Å²) in [6.07, 6.45) is 6.48. The molecule has 1 atom stereocenters. The van der Waals surface area contributed by atoms with Crippen molar-refractivity contribution < 1.29 is 9.53 Å². The minimum atomic E-state index is -0.228. The number of rotatable bonds is 5. The fourth-order valence-electron chi connectivity index (χ4n) is 3.92. The summed E-state index contributed by atoms with van der Waals surface area (Å²) in [6, 6.07) is 6.01. The molecule has 0 bridgehead atoms. The molecule has 2 aromatic heterocycles. The molecule has 164 valence electrons. The number of nitrogens with zero attached hydrogens (tertiary/aromatic N) is 5. The molecule has 9 heteroatoms. The van der Waals surface area contributed by atoms with E-state index in [2.05, 4.69) is 28.3 Å². The van der Waals surface area contributed by atoms with Crippen LogP contribution in [0.4, 0.5) is 0 Å². The first-order valence-electron chi connectivity index (χ1n) is 10.6. The summed E-state index contributed by atoms with van der Waals surface area (Å²) in [5.41, 5.74) is 2.01. The van der Waals surface area contributed by atoms with Crippen molar-refractivity contribution in [2.45, 2.75) is 32.3 Å². The van der Waals surface area contributed by atoms with E-state index in [1.165, 1.54) is 0 Å². The molecule has 8 nitrogen and oxygen atoms in total. The third-order valence-electron chi connectivity index (χ3n) is 5.47. The van der Waals surface area contributed by atoms with E-state index in [1.807, 2.05) is 33.7 Å². The molecule has 2 fully saturated rings. The normalized spacial score (nSPS) is 19.8. The maximum Gasteiger partial charge on any atom is 0.251 e. The molecule has 0 aliphatic carbocycles. The van der Waals surface area contributed by atoms with Crippen LogP contribution in [0.25, 0.3) is 5.65 Å². The predicted octanol–water partition coefficient (Wildman–Crippen LogP) is 1.78. The quantitative estimate of drug-likeness (QED) is 0.366. The van der Waals surface area contributed by atoms with Crippen LogP contribution in [0.15, 0.2) is 35.6 Å². The van der Waals surface area contributed by atoms with Crippen LogP contribution in [0, 0.1) is 0 Å². The van der Waals surface area contributed by atoms with Gasteiger partial charge < -0.3 is 24.3 Å². The lowest BCUT2D eigenvalue weighted by Gasteiger charge is -2.37. The van der Waals surface area contributed by atoms with Crippen LogP contribution >= 0.6 is 24.0 Å². The third-order valence-corrected chi connectivity index (χ3v) is 5.47. The van der Waals surface area contributed by atoms with E-state index in [0.29, 0.717) is 13.2 Å². The summed E-state index contributed by atoms with van der Waals surface area (Å²) in [5, 5.41) is 3.39. The van der Waals surface area contributed by atoms with Crippen LogP contribution in [0.1, 0.15) is 25.5 Å². The molecule has 2 aromatic rings. The largest absolute Gasteiger partial charge is 0.368 e. The Bertz CT molecular complexity index is 823. The van der Waals surface area contributed by atoms with Crippen molar-refractivity contribution in [3.05, 3.63) is 36.3 Å². The van der Waals surface area contributed by atoms with E-state index in [4.69, 9.17) is 9.73 Å². The van der Waals surface area contributed by atoms with E-state index >= 15 is 0 Å². The number of aromatic nitrogens is 2. The highest BCUT2D eigenvalue weighted by atomic mass is 127. The first-order valence-corrected chi connectivity index (χ1v) is 10.6. The van der Waals surface area contributed by atoms with Crippen molar-refractivity contribution in [1.82, 2.24) is 24.5 Å². The summed E-state index contributed by atoms with van der Waals surface area (Å²) in [6.45, 7) is 7.31. The molecule has 4 heterocycles. The van der Waals surface area contributed by atoms with Crippen LogP contribution < -0.4 is 5.32 Å². The number of ether oxygens (including phenoxy) is 1. The number of fused-ring (bicyclic) bond motifs is 1. The van der Waals surface area contributed by atoms with Gasteiger partial charge in [-0.05, 0) is 31.9 Å². The molecule has 1 unspecified atom stereocenters. The molecule has 2 aliphatic heterocycles. The third kappa shape index (κ3) is 5.42. The van der Waals surface area contributed by atoms with Crippen molar-refractivity contribution in [1.29, 1.82) is 0 Å². The van der Waals surface area contributed by atoms with Gasteiger partial charge in [0.2, 0.25) is 0 Å². The minimum absolute atomic E-state index is 0. The zero-order chi connectivity index (χ0) is 20.1. The lowest BCUT2D eigenvalue weighted by molar-refractivity contribution is -0.142. The number of carbonyl (C=O) groups is 1. The van der Waals surface area contributed by atoms with Gasteiger partial charge in [-0.25, -0.2) is 4.98 Å². The Morgan fingerprint density at radius 3 is 2.77 bits per heavy atom. The fourth-order valence-corrected chi connectivity index (χ4v) is 3.92. The molecule has 30 heavy (non-hydrogen) atoms. The number of hydrogen-bond donors (Lipinski definition) is 1. The summed E-state index contributed by atoms with van der Waals surface area (Å²) in [7, 11) is 0. The maximum atomic E-state index is 12.5. The highest BCUT2D eigenvalue weighted by molar-refractivity contribution is 14.0. The predicted molar refractivity (Wildman–Crippen MR) is 127 cm³/mol. The molecule has 0 saturated carbocycles. The van der Waals surface area contributed by atoms with Gasteiger partial charge in [-0.3, -0.25) is 9.79 Å². The molecular weight excluding hydrogens is 495 g/mol. The molecule has 1 N–H and O–H groups in total. The highest BCUT2D eigenvalue weighted by Crippen LogP contribution is 2.16. The van der Waals surface area contributed by atoms with E-state index in [1.54, 1.807) is 0 Å². The summed E-state index contributed by atoms with van der Waals surface area (Å²) < 4.78 is 7.59. The van der Waals surface area contributed by atoms with Crippen molar-refractivity contribution in [2.24, 2.45) is 4.99 Å². The second kappa shape index (κ2) is 10.9. The summed E-state index contributed by atoms with van der Waals surface area (Å²) in [4.78, 5) is 26.2. The summed E-state index contributed by atoms with van der Waals surface area (Å²) >= 11 is 0. The first-order chi connectivity index (χ1) is 14.2. The van der Waals surface area contributed by atoms with Gasteiger partial charge in [-0.1, -0.05) is 6.07 Å². The van der Waals surface area contributed by atoms with Gasteiger partial charge in [0.1, 0.15) is 11.8 Å². The zero-order valence-electron chi connectivity index (χ0n) is 17.5. The number of imidazole rings is 1. The van der Waals surface area contributed by atoms with Crippen LogP contribution in [-0.4, -0.2) is 83.0 Å². The Kier molecular flexibility index (Phi) is 8.32. The lowest BCUT2D eigenvalue weighted by Crippen LogP contribution is -2.55. The Morgan fingerprint density at radius 1 is 1.27 bits per heavy atom. The lowest BCUT2D eigenvalue weighted by atomic mass is 10.2. The van der Waals surface area contributed by atoms with Gasteiger partial charge in [-0.2, -0.15) is 0 Å². The van der Waals surface area contributed by atoms with Crippen molar-refractivity contribution in [3.63, 3.8) is 0 Å². The molecule has 2 aliphatic rings. The SMILES string of the molecule is CCNC(=NCCc1cn2ccccc2n1)N1CCN(C(=O)C2CCCO2)CC1.I. The average Bonchev–Trinajstić information content (AvgIpc) is 3.42. The Labute approximate surface area is 194 Å². The number of amides is 1. The van der Waals surface area contributed by atoms with Gasteiger partial charge in [0.25, 0.3) is 5.91 Å². The number of nitrogens with one attached hydrogen (secondary N) is 1. The van der Waals surface area contributed by atoms with Crippen molar-refractivity contribution in [3.8, 4) is 0 Å². The zero-order valence-corrected chi connectivity index (χ0v) is 19.8. The number of aliphatic imine (C=N–C) groups is 1. The Morgan fingerprint density at radius 2 is 2.07 bits per heavy atom. The number of guanidine groups is 1. The topological polar surface area (TPSA) is 74.5 Å². The number of hydrogen-bond acceptors (Lipinski definition) is 4. The van der Waals surface area contributed by atoms with Crippen LogP contribution in [0.5, 0.6) is 0 Å². The minimum Gasteiger partial charge on any atom is -0.368 e. The van der Waals surface area contributed by atoms with Crippen LogP contribution in [0.2, 0.25) is 0 Å². The second-order valence-electron chi connectivity index (χ2n) is 7.50. The summed E-state index contributed by atoms with van der Waals surface area (Å²) in [5.74, 6) is 1.07. The molecule has 0 aromatic carbocycles. The highest BCUT2D eigenvalue weighted by Gasteiger charge is 2.30. The van der Waals surface area contributed by atoms with Gasteiger partial charge in [-0.15, -0.1) is 24.0 Å². The second-order valence-corrected chi connectivity index (χ2v) is 7.50. The number of carbonyl (C=O) groups excluding carboxylic acids is 1. The standard InChI is InChI=1S/C21H30N6O2.HI/c1-2-22-21(23-9-8-17-16-27-10-4-3-7-19(27)24-17)26-13-11-25(12-14-26)20(28)18-6-5-15-29-18;/h3-4,7,10,16,18H,2,5-6,8-9,11-15H2,1H3,(H,22,23);1H. The fraction of sp³-hybridized carbons (Fsp3) is 0.571. The van der Waals surface area contributed by atoms with Gasteiger partial charge in [0.15, 0.2) is 5.96 Å². The molecule has 1 amide bonds. The molecule has 0 spiro atoms. The van der Waals surface area contributed by atoms with E-state index in [-0.39, 0.29) is 36.0 Å². The molecule has 0 radical (unpaired) electrons. The molecule has 4 rings (SSSR count). The average molecular weight is 526 g/mol. The van der Waals surface area contributed by atoms with E-state index < -0.39 is 0 Å². The Hall–Kier alpha value is -1.88. The van der Waals surface area contributed by atoms with Gasteiger partial charge in [0.05, 0.1) is 5.69 Å². The van der Waals surface area contributed by atoms with Crippen LogP contribution in [-0.2, 0) is 16.0 Å². The van der Waals surface area contributed by atoms with Gasteiger partial charge in [0, 0.05) is 64.7 Å². The number of pyridine rings is 1. The monoisotopic (exact) mass is 526 g/mol. The maximum absolute atomic E-state index is 12.5. The van der Waals surface area contributed by atoms with Gasteiger partial charge >= 0.3 is 0 Å². The van der Waals surface area contributed by atoms with Crippen molar-refractivity contribution in [2.75, 3.05) is 45.9 Å². The molecular formula is C21H31IN6O2. The van der Waals surface area contributed by atoms with Crippen LogP contribution in [0.3, 0.4) is 0 Å². The first kappa shape index (κ1) is 22.8.